The number of aromatic nitrogens is 2. The number of imidazole rings is 1. The first kappa shape index (κ1) is 36.2. The molecule has 1 aromatic rings. The number of nitrogens with zero attached hydrogens (tertiary/aromatic N) is 2. The van der Waals surface area contributed by atoms with Gasteiger partial charge in [-0.05, 0) is 32.1 Å². The molecule has 0 saturated carbocycles. The number of rotatable bonds is 31. The first-order chi connectivity index (χ1) is 19.3. The number of aryl methyl sites for hydroxylation is 2. The van der Waals surface area contributed by atoms with Crippen LogP contribution in [0.2, 0.25) is 0 Å². The van der Waals surface area contributed by atoms with Gasteiger partial charge in [-0.1, -0.05) is 168 Å². The molecule has 0 spiro atoms. The second-order valence-electron chi connectivity index (χ2n) is 12.7. The van der Waals surface area contributed by atoms with Gasteiger partial charge < -0.3 is 0 Å². The molecule has 0 aliphatic carbocycles. The van der Waals surface area contributed by atoms with Crippen molar-refractivity contribution in [2.24, 2.45) is 0 Å². The van der Waals surface area contributed by atoms with E-state index in [0.29, 0.717) is 0 Å². The van der Waals surface area contributed by atoms with Crippen LogP contribution in [-0.4, -0.2) is 4.57 Å². The van der Waals surface area contributed by atoms with Crippen LogP contribution in [0.4, 0.5) is 0 Å². The molecule has 0 atom stereocenters. The smallest absolute Gasteiger partial charge is 0.234 e. The zero-order valence-electron chi connectivity index (χ0n) is 27.5. The molecular weight excluding hydrogens is 472 g/mol. The summed E-state index contributed by atoms with van der Waals surface area (Å²) in [5.41, 5.74) is 0. The predicted octanol–water partition coefficient (Wildman–Crippen LogP) is 12.3. The molecule has 230 valence electrons. The third kappa shape index (κ3) is 21.6. The van der Waals surface area contributed by atoms with Gasteiger partial charge in [0.2, 0.25) is 0 Å². The average Bonchev–Trinajstić information content (AvgIpc) is 3.33. The Balaban J connectivity index is 2.19. The van der Waals surface area contributed by atoms with Gasteiger partial charge in [0.15, 0.2) is 0 Å². The Hall–Kier alpha value is -0.790. The minimum absolute atomic E-state index is 1.23. The van der Waals surface area contributed by atoms with Gasteiger partial charge in [-0.3, -0.25) is 0 Å². The predicted molar refractivity (Wildman–Crippen MR) is 175 cm³/mol. The third-order valence-electron chi connectivity index (χ3n) is 8.85. The van der Waals surface area contributed by atoms with E-state index in [2.05, 4.69) is 42.3 Å². The number of hydrogen-bond donors (Lipinski definition) is 0. The molecule has 0 unspecified atom stereocenters. The van der Waals surface area contributed by atoms with E-state index < -0.39 is 0 Å². The number of hydrogen-bond acceptors (Lipinski definition) is 0. The number of unbranched alkanes of at least 4 members (excludes halogenated alkanes) is 25. The third-order valence-corrected chi connectivity index (χ3v) is 8.85. The lowest BCUT2D eigenvalue weighted by Gasteiger charge is -2.07. The lowest BCUT2D eigenvalue weighted by molar-refractivity contribution is -0.704. The summed E-state index contributed by atoms with van der Waals surface area (Å²) in [4.78, 5) is 0. The second-order valence-corrected chi connectivity index (χ2v) is 12.7. The lowest BCUT2D eigenvalue weighted by atomic mass is 10.0. The van der Waals surface area contributed by atoms with E-state index in [1.165, 1.54) is 199 Å². The van der Waals surface area contributed by atoms with Gasteiger partial charge in [0.05, 0.1) is 13.1 Å². The van der Waals surface area contributed by atoms with Gasteiger partial charge in [-0.15, -0.1) is 0 Å². The van der Waals surface area contributed by atoms with E-state index in [4.69, 9.17) is 0 Å². The molecule has 0 aliphatic rings. The average molecular weight is 546 g/mol. The maximum absolute atomic E-state index is 2.61. The van der Waals surface area contributed by atoms with E-state index >= 15 is 0 Å². The van der Waals surface area contributed by atoms with Crippen LogP contribution >= 0.6 is 0 Å². The largest absolute Gasteiger partial charge is 0.256 e. The van der Waals surface area contributed by atoms with Crippen LogP contribution in [0, 0.1) is 0 Å². The molecule has 1 aromatic heterocycles. The first-order valence-corrected chi connectivity index (χ1v) is 18.4. The summed E-state index contributed by atoms with van der Waals surface area (Å²) >= 11 is 0. The Morgan fingerprint density at radius 1 is 0.436 bits per heavy atom. The fourth-order valence-electron chi connectivity index (χ4n) is 6.15. The van der Waals surface area contributed by atoms with E-state index in [-0.39, 0.29) is 0 Å². The monoisotopic (exact) mass is 546 g/mol. The van der Waals surface area contributed by atoms with Gasteiger partial charge in [0.1, 0.15) is 12.4 Å². The zero-order chi connectivity index (χ0) is 28.1. The van der Waals surface area contributed by atoms with Crippen LogP contribution in [0.25, 0.3) is 0 Å². The van der Waals surface area contributed by atoms with E-state index in [9.17, 15) is 0 Å². The van der Waals surface area contributed by atoms with Crippen LogP contribution in [0.3, 0.4) is 0 Å². The lowest BCUT2D eigenvalue weighted by Crippen LogP contribution is -2.37. The topological polar surface area (TPSA) is 8.81 Å². The van der Waals surface area contributed by atoms with Crippen molar-refractivity contribution < 1.29 is 4.57 Å². The molecule has 0 bridgehead atoms. The highest BCUT2D eigenvalue weighted by molar-refractivity contribution is 4.84. The van der Waals surface area contributed by atoms with Crippen molar-refractivity contribution >= 4 is 0 Å². The molecule has 0 radical (unpaired) electrons. The molecule has 0 aromatic carbocycles. The van der Waals surface area contributed by atoms with Crippen LogP contribution in [-0.2, 0) is 19.5 Å². The summed E-state index contributed by atoms with van der Waals surface area (Å²) in [6.07, 6.45) is 45.9. The normalized spacial score (nSPS) is 11.6. The van der Waals surface area contributed by atoms with Gasteiger partial charge in [-0.2, -0.15) is 0 Å². The van der Waals surface area contributed by atoms with E-state index in [1.54, 1.807) is 5.82 Å². The van der Waals surface area contributed by atoms with Gasteiger partial charge in [0.25, 0.3) is 5.82 Å². The molecule has 0 amide bonds. The molecule has 2 nitrogen and oxygen atoms in total. The molecule has 1 rings (SSSR count). The highest BCUT2D eigenvalue weighted by atomic mass is 15.1. The summed E-state index contributed by atoms with van der Waals surface area (Å²) in [6.45, 7) is 9.39. The highest BCUT2D eigenvalue weighted by Gasteiger charge is 2.16. The Morgan fingerprint density at radius 3 is 1.23 bits per heavy atom. The minimum Gasteiger partial charge on any atom is -0.234 e. The standard InChI is InChI=1S/C37H73N2/c1-4-7-10-13-16-17-18-19-20-21-22-23-24-25-26-29-32-37-38(33-30-27-14-11-8-5-2)35-36-39(37)34-31-28-15-12-9-6-3/h35-36H,4-34H2,1-3H3/q+1. The molecule has 0 N–H and O–H groups in total. The summed E-state index contributed by atoms with van der Waals surface area (Å²) in [5, 5.41) is 0. The van der Waals surface area contributed by atoms with Crippen molar-refractivity contribution in [3.63, 3.8) is 0 Å². The van der Waals surface area contributed by atoms with Crippen molar-refractivity contribution in [1.82, 2.24) is 4.57 Å². The summed E-state index contributed by atoms with van der Waals surface area (Å²) < 4.78 is 5.23. The SMILES string of the molecule is CCCCCCCCCCCCCCCCCCc1n(CCCCCCCC)cc[n+]1CCCCCCCC. The quantitative estimate of drug-likeness (QED) is 0.0648. The fraction of sp³-hybridized carbons (Fsp3) is 0.919. The molecule has 2 heteroatoms. The molecule has 0 aliphatic heterocycles. The van der Waals surface area contributed by atoms with Crippen molar-refractivity contribution in [3.05, 3.63) is 18.2 Å². The van der Waals surface area contributed by atoms with Gasteiger partial charge in [0, 0.05) is 6.42 Å². The van der Waals surface area contributed by atoms with Crippen LogP contribution in [0.5, 0.6) is 0 Å². The zero-order valence-corrected chi connectivity index (χ0v) is 27.5. The first-order valence-electron chi connectivity index (χ1n) is 18.4. The Morgan fingerprint density at radius 2 is 0.795 bits per heavy atom. The molecule has 0 saturated heterocycles. The highest BCUT2D eigenvalue weighted by Crippen LogP contribution is 2.15. The summed E-state index contributed by atoms with van der Waals surface area (Å²) in [6, 6.07) is 0. The molecule has 0 fully saturated rings. The van der Waals surface area contributed by atoms with Gasteiger partial charge in [-0.25, -0.2) is 9.13 Å². The van der Waals surface area contributed by atoms with E-state index in [0.717, 1.165) is 0 Å². The van der Waals surface area contributed by atoms with Crippen molar-refractivity contribution in [1.29, 1.82) is 0 Å². The van der Waals surface area contributed by atoms with Gasteiger partial charge >= 0.3 is 0 Å². The Kier molecular flexibility index (Phi) is 26.7. The van der Waals surface area contributed by atoms with Crippen molar-refractivity contribution in [2.75, 3.05) is 0 Å². The van der Waals surface area contributed by atoms with Crippen molar-refractivity contribution in [3.8, 4) is 0 Å². The molecule has 39 heavy (non-hydrogen) atoms. The Bertz CT molecular complexity index is 571. The summed E-state index contributed by atoms with van der Waals surface area (Å²) in [7, 11) is 0. The van der Waals surface area contributed by atoms with E-state index in [1.807, 2.05) is 0 Å². The summed E-state index contributed by atoms with van der Waals surface area (Å²) in [5.74, 6) is 1.61. The van der Waals surface area contributed by atoms with Crippen molar-refractivity contribution in [2.45, 2.75) is 220 Å². The second kappa shape index (κ2) is 28.7. The maximum atomic E-state index is 2.61. The van der Waals surface area contributed by atoms with Crippen LogP contribution < -0.4 is 4.57 Å². The molecular formula is C37H73N2+. The molecule has 1 heterocycles. The Labute approximate surface area is 247 Å². The van der Waals surface area contributed by atoms with Crippen LogP contribution in [0.1, 0.15) is 206 Å². The van der Waals surface area contributed by atoms with Crippen LogP contribution in [0.15, 0.2) is 12.4 Å². The fourth-order valence-corrected chi connectivity index (χ4v) is 6.15. The maximum Gasteiger partial charge on any atom is 0.256 e. The minimum atomic E-state index is 1.23.